The predicted molar refractivity (Wildman–Crippen MR) is 67.3 cm³/mol. The van der Waals surface area contributed by atoms with Crippen molar-refractivity contribution in [3.8, 4) is 0 Å². The lowest BCUT2D eigenvalue weighted by Crippen LogP contribution is -1.86. The van der Waals surface area contributed by atoms with Crippen LogP contribution in [0.3, 0.4) is 0 Å². The van der Waals surface area contributed by atoms with E-state index < -0.39 is 0 Å². The molecule has 4 rings (SSSR count). The molecule has 0 fully saturated rings. The second kappa shape index (κ2) is 3.00. The third-order valence-corrected chi connectivity index (χ3v) is 4.01. The maximum Gasteiger partial charge on any atom is 0.0498 e. The molecular formula is C15H15N. The lowest BCUT2D eigenvalue weighted by Gasteiger charge is -1.99. The van der Waals surface area contributed by atoms with Gasteiger partial charge in [0.15, 0.2) is 0 Å². The van der Waals surface area contributed by atoms with E-state index in [1.165, 1.54) is 48.7 Å². The summed E-state index contributed by atoms with van der Waals surface area (Å²) in [5, 5.41) is 0. The highest BCUT2D eigenvalue weighted by atomic mass is 14.9. The fraction of sp³-hybridized carbons (Fsp3) is 0.333. The van der Waals surface area contributed by atoms with E-state index in [9.17, 15) is 0 Å². The second-order valence-corrected chi connectivity index (χ2v) is 4.91. The minimum atomic E-state index is 1.27. The molecule has 0 amide bonds. The van der Waals surface area contributed by atoms with Gasteiger partial charge < -0.3 is 4.40 Å². The number of aryl methyl sites for hydroxylation is 2. The van der Waals surface area contributed by atoms with Crippen molar-refractivity contribution in [3.05, 3.63) is 41.5 Å². The first-order chi connectivity index (χ1) is 7.95. The number of aromatic nitrogens is 1. The molecule has 0 N–H and O–H groups in total. The molecule has 1 heteroatoms. The van der Waals surface area contributed by atoms with Crippen LogP contribution in [0.1, 0.15) is 30.4 Å². The molecule has 0 unspecified atom stereocenters. The van der Waals surface area contributed by atoms with Crippen LogP contribution in [0.25, 0.3) is 16.6 Å². The van der Waals surface area contributed by atoms with Gasteiger partial charge in [0, 0.05) is 16.6 Å². The zero-order valence-electron chi connectivity index (χ0n) is 9.37. The first kappa shape index (κ1) is 8.63. The Labute approximate surface area is 95.0 Å². The molecule has 0 aromatic carbocycles. The summed E-state index contributed by atoms with van der Waals surface area (Å²) in [4.78, 5) is 0. The van der Waals surface area contributed by atoms with Crippen LogP contribution in [0.15, 0.2) is 30.3 Å². The Balaban J connectivity index is 2.19. The number of hydrogen-bond acceptors (Lipinski definition) is 0. The maximum absolute atomic E-state index is 2.44. The molecular weight excluding hydrogens is 194 g/mol. The van der Waals surface area contributed by atoms with Crippen LogP contribution < -0.4 is 0 Å². The van der Waals surface area contributed by atoms with Gasteiger partial charge in [-0.2, -0.15) is 0 Å². The maximum atomic E-state index is 2.44. The van der Waals surface area contributed by atoms with Crippen molar-refractivity contribution in [2.45, 2.75) is 32.1 Å². The van der Waals surface area contributed by atoms with E-state index in [1.54, 1.807) is 11.1 Å². The Morgan fingerprint density at radius 3 is 2.31 bits per heavy atom. The minimum Gasteiger partial charge on any atom is -0.310 e. The largest absolute Gasteiger partial charge is 0.310 e. The van der Waals surface area contributed by atoms with Gasteiger partial charge in [0.1, 0.15) is 0 Å². The summed E-state index contributed by atoms with van der Waals surface area (Å²) in [5.41, 5.74) is 7.51. The third-order valence-electron chi connectivity index (χ3n) is 4.01. The highest BCUT2D eigenvalue weighted by Crippen LogP contribution is 2.33. The van der Waals surface area contributed by atoms with Crippen LogP contribution in [-0.2, 0) is 12.8 Å². The molecule has 0 aliphatic heterocycles. The molecule has 1 nitrogen and oxygen atoms in total. The quantitative estimate of drug-likeness (QED) is 0.496. The summed E-state index contributed by atoms with van der Waals surface area (Å²) >= 11 is 0. The first-order valence-corrected chi connectivity index (χ1v) is 6.28. The Morgan fingerprint density at radius 2 is 1.50 bits per heavy atom. The summed E-state index contributed by atoms with van der Waals surface area (Å²) in [6, 6.07) is 11.2. The average molecular weight is 209 g/mol. The topological polar surface area (TPSA) is 4.41 Å². The highest BCUT2D eigenvalue weighted by Gasteiger charge is 2.18. The molecule has 1 aliphatic carbocycles. The first-order valence-electron chi connectivity index (χ1n) is 6.28. The van der Waals surface area contributed by atoms with Gasteiger partial charge in [-0.1, -0.05) is 12.5 Å². The number of nitrogens with zero attached hydrogens (tertiary/aromatic N) is 1. The van der Waals surface area contributed by atoms with E-state index in [1.807, 2.05) is 0 Å². The van der Waals surface area contributed by atoms with Crippen LogP contribution >= 0.6 is 0 Å². The molecule has 0 spiro atoms. The summed E-state index contributed by atoms with van der Waals surface area (Å²) < 4.78 is 2.44. The molecule has 0 atom stereocenters. The zero-order chi connectivity index (χ0) is 10.5. The number of pyridine rings is 1. The van der Waals surface area contributed by atoms with Crippen LogP contribution in [0, 0.1) is 0 Å². The van der Waals surface area contributed by atoms with Crippen LogP contribution in [0.5, 0.6) is 0 Å². The second-order valence-electron chi connectivity index (χ2n) is 4.91. The highest BCUT2D eigenvalue weighted by molar-refractivity contribution is 5.81. The molecule has 80 valence electrons. The summed E-state index contributed by atoms with van der Waals surface area (Å²) in [7, 11) is 0. The van der Waals surface area contributed by atoms with E-state index in [2.05, 4.69) is 34.7 Å². The fourth-order valence-electron chi connectivity index (χ4n) is 3.28. The van der Waals surface area contributed by atoms with E-state index in [4.69, 9.17) is 0 Å². The SMILES string of the molecule is c1cc2ccc3c4c(c(c1)n23)CCCCC4. The van der Waals surface area contributed by atoms with Gasteiger partial charge in [-0.3, -0.25) is 0 Å². The summed E-state index contributed by atoms with van der Waals surface area (Å²) in [5.74, 6) is 0. The van der Waals surface area contributed by atoms with E-state index in [-0.39, 0.29) is 0 Å². The lowest BCUT2D eigenvalue weighted by atomic mass is 10.1. The van der Waals surface area contributed by atoms with E-state index in [0.717, 1.165) is 0 Å². The molecule has 3 aromatic rings. The van der Waals surface area contributed by atoms with Crippen molar-refractivity contribution < 1.29 is 0 Å². The van der Waals surface area contributed by atoms with Crippen molar-refractivity contribution in [2.24, 2.45) is 0 Å². The van der Waals surface area contributed by atoms with Crippen molar-refractivity contribution in [1.29, 1.82) is 0 Å². The van der Waals surface area contributed by atoms with Gasteiger partial charge in [-0.25, -0.2) is 0 Å². The van der Waals surface area contributed by atoms with Gasteiger partial charge in [-0.05, 0) is 61.1 Å². The fourth-order valence-corrected chi connectivity index (χ4v) is 3.28. The number of rotatable bonds is 0. The minimum absolute atomic E-state index is 1.27. The summed E-state index contributed by atoms with van der Waals surface area (Å²) in [6.45, 7) is 0. The Hall–Kier alpha value is -1.50. The van der Waals surface area contributed by atoms with Gasteiger partial charge in [0.05, 0.1) is 0 Å². The third kappa shape index (κ3) is 0.960. The number of hydrogen-bond donors (Lipinski definition) is 0. The van der Waals surface area contributed by atoms with E-state index in [0.29, 0.717) is 0 Å². The molecule has 0 bridgehead atoms. The molecule has 3 aromatic heterocycles. The Kier molecular flexibility index (Phi) is 1.62. The van der Waals surface area contributed by atoms with Gasteiger partial charge in [-0.15, -0.1) is 0 Å². The molecule has 0 saturated carbocycles. The molecule has 1 aliphatic rings. The van der Waals surface area contributed by atoms with Gasteiger partial charge in [0.2, 0.25) is 0 Å². The summed E-state index contributed by atoms with van der Waals surface area (Å²) in [6.07, 6.45) is 6.66. The average Bonchev–Trinajstić information content (AvgIpc) is 2.76. The number of fused-ring (bicyclic) bond motifs is 3. The molecule has 16 heavy (non-hydrogen) atoms. The molecule has 0 saturated heterocycles. The van der Waals surface area contributed by atoms with Crippen molar-refractivity contribution >= 4 is 16.6 Å². The van der Waals surface area contributed by atoms with E-state index >= 15 is 0 Å². The Bertz CT molecular complexity index is 640. The monoisotopic (exact) mass is 209 g/mol. The van der Waals surface area contributed by atoms with Crippen molar-refractivity contribution in [1.82, 2.24) is 4.40 Å². The van der Waals surface area contributed by atoms with Crippen LogP contribution in [-0.4, -0.2) is 4.40 Å². The smallest absolute Gasteiger partial charge is 0.0498 e. The van der Waals surface area contributed by atoms with Crippen molar-refractivity contribution in [2.75, 3.05) is 0 Å². The standard InChI is InChI=1S/C15H15N/c1-2-6-12-13(7-3-1)15-10-9-11-5-4-8-14(12)16(11)15/h4-5,8-10H,1-3,6-7H2. The Morgan fingerprint density at radius 1 is 0.750 bits per heavy atom. The van der Waals surface area contributed by atoms with Crippen LogP contribution in [0.2, 0.25) is 0 Å². The van der Waals surface area contributed by atoms with Crippen molar-refractivity contribution in [3.63, 3.8) is 0 Å². The predicted octanol–water partition coefficient (Wildman–Crippen LogP) is 3.80. The van der Waals surface area contributed by atoms with Gasteiger partial charge in [0.25, 0.3) is 0 Å². The zero-order valence-corrected chi connectivity index (χ0v) is 9.37. The van der Waals surface area contributed by atoms with Gasteiger partial charge >= 0.3 is 0 Å². The molecule has 0 radical (unpaired) electrons. The molecule has 3 heterocycles. The lowest BCUT2D eigenvalue weighted by molar-refractivity contribution is 0.711. The van der Waals surface area contributed by atoms with Crippen LogP contribution in [0.4, 0.5) is 0 Å². The normalized spacial score (nSPS) is 16.8.